The first-order chi connectivity index (χ1) is 8.67. The predicted octanol–water partition coefficient (Wildman–Crippen LogP) is 1.62. The van der Waals surface area contributed by atoms with E-state index in [-0.39, 0.29) is 5.82 Å². The number of aliphatic hydroxyl groups is 1. The average Bonchev–Trinajstić information content (AvgIpc) is 2.38. The Bertz CT molecular complexity index is 342. The van der Waals surface area contributed by atoms with Gasteiger partial charge in [0, 0.05) is 25.2 Å². The highest BCUT2D eigenvalue weighted by Crippen LogP contribution is 2.05. The third-order valence-electron chi connectivity index (χ3n) is 3.02. The van der Waals surface area contributed by atoms with Crippen molar-refractivity contribution in [3.05, 3.63) is 35.6 Å². The van der Waals surface area contributed by atoms with E-state index in [9.17, 15) is 9.50 Å². The van der Waals surface area contributed by atoms with E-state index in [1.165, 1.54) is 6.07 Å². The van der Waals surface area contributed by atoms with Gasteiger partial charge in [0.2, 0.25) is 0 Å². The molecule has 0 saturated heterocycles. The standard InChI is InChI=1S/C14H23FN2O/c1-3-17(4-2)11-13(18)10-16-9-12-7-5-6-8-14(12)15/h5-8,13,16,18H,3-4,9-11H2,1-2H3. The fourth-order valence-electron chi connectivity index (χ4n) is 1.86. The van der Waals surface area contributed by atoms with Crippen LogP contribution < -0.4 is 5.32 Å². The largest absolute Gasteiger partial charge is 0.390 e. The molecule has 4 heteroatoms. The van der Waals surface area contributed by atoms with Gasteiger partial charge in [-0.15, -0.1) is 0 Å². The number of hydrogen-bond donors (Lipinski definition) is 2. The summed E-state index contributed by atoms with van der Waals surface area (Å²) in [4.78, 5) is 2.16. The maximum absolute atomic E-state index is 13.3. The summed E-state index contributed by atoms with van der Waals surface area (Å²) in [5.41, 5.74) is 0.632. The first-order valence-corrected chi connectivity index (χ1v) is 6.51. The van der Waals surface area contributed by atoms with Crippen LogP contribution in [-0.2, 0) is 6.54 Å². The number of likely N-dealkylation sites (N-methyl/N-ethyl adjacent to an activating group) is 1. The van der Waals surface area contributed by atoms with Gasteiger partial charge in [-0.2, -0.15) is 0 Å². The van der Waals surface area contributed by atoms with Gasteiger partial charge in [0.05, 0.1) is 6.10 Å². The molecule has 0 fully saturated rings. The molecule has 0 spiro atoms. The highest BCUT2D eigenvalue weighted by atomic mass is 19.1. The van der Waals surface area contributed by atoms with Gasteiger partial charge in [-0.3, -0.25) is 0 Å². The molecular weight excluding hydrogens is 231 g/mol. The molecule has 102 valence electrons. The topological polar surface area (TPSA) is 35.5 Å². The molecular formula is C14H23FN2O. The zero-order chi connectivity index (χ0) is 13.4. The second-order valence-corrected chi connectivity index (χ2v) is 4.36. The monoisotopic (exact) mass is 254 g/mol. The second-order valence-electron chi connectivity index (χ2n) is 4.36. The van der Waals surface area contributed by atoms with Crippen molar-refractivity contribution in [2.24, 2.45) is 0 Å². The van der Waals surface area contributed by atoms with Crippen LogP contribution in [0.25, 0.3) is 0 Å². The Labute approximate surface area is 109 Å². The average molecular weight is 254 g/mol. The summed E-state index contributed by atoms with van der Waals surface area (Å²) in [7, 11) is 0. The van der Waals surface area contributed by atoms with Crippen LogP contribution in [0, 0.1) is 5.82 Å². The molecule has 0 aliphatic heterocycles. The van der Waals surface area contributed by atoms with Crippen LogP contribution in [0.1, 0.15) is 19.4 Å². The lowest BCUT2D eigenvalue weighted by atomic mass is 10.2. The van der Waals surface area contributed by atoms with Crippen molar-refractivity contribution < 1.29 is 9.50 Å². The molecule has 1 aromatic rings. The highest BCUT2D eigenvalue weighted by molar-refractivity contribution is 5.16. The summed E-state index contributed by atoms with van der Waals surface area (Å²) in [6.07, 6.45) is -0.420. The number of nitrogens with zero attached hydrogens (tertiary/aromatic N) is 1. The number of hydrogen-bond acceptors (Lipinski definition) is 3. The maximum Gasteiger partial charge on any atom is 0.127 e. The molecule has 0 amide bonds. The number of halogens is 1. The Morgan fingerprint density at radius 2 is 1.94 bits per heavy atom. The molecule has 0 radical (unpaired) electrons. The van der Waals surface area contributed by atoms with Crippen molar-refractivity contribution in [3.63, 3.8) is 0 Å². The molecule has 1 unspecified atom stereocenters. The van der Waals surface area contributed by atoms with Crippen molar-refractivity contribution in [3.8, 4) is 0 Å². The van der Waals surface area contributed by atoms with Gasteiger partial charge in [0.15, 0.2) is 0 Å². The van der Waals surface area contributed by atoms with Crippen molar-refractivity contribution in [2.45, 2.75) is 26.5 Å². The minimum atomic E-state index is -0.420. The van der Waals surface area contributed by atoms with E-state index < -0.39 is 6.10 Å². The van der Waals surface area contributed by atoms with Gasteiger partial charge < -0.3 is 15.3 Å². The van der Waals surface area contributed by atoms with Crippen molar-refractivity contribution in [2.75, 3.05) is 26.2 Å². The summed E-state index contributed by atoms with van der Waals surface area (Å²) in [5, 5.41) is 12.9. The van der Waals surface area contributed by atoms with Gasteiger partial charge in [0.25, 0.3) is 0 Å². The van der Waals surface area contributed by atoms with E-state index in [0.29, 0.717) is 25.2 Å². The number of rotatable bonds is 8. The van der Waals surface area contributed by atoms with Gasteiger partial charge in [0.1, 0.15) is 5.82 Å². The predicted molar refractivity (Wildman–Crippen MR) is 71.9 cm³/mol. The summed E-state index contributed by atoms with van der Waals surface area (Å²) in [6, 6.07) is 6.68. The minimum Gasteiger partial charge on any atom is -0.390 e. The number of benzene rings is 1. The molecule has 0 aliphatic rings. The fraction of sp³-hybridized carbons (Fsp3) is 0.571. The van der Waals surface area contributed by atoms with E-state index >= 15 is 0 Å². The lowest BCUT2D eigenvalue weighted by Gasteiger charge is -2.22. The molecule has 2 N–H and O–H groups in total. The molecule has 0 aliphatic carbocycles. The lowest BCUT2D eigenvalue weighted by Crippen LogP contribution is -2.38. The molecule has 3 nitrogen and oxygen atoms in total. The Balaban J connectivity index is 2.27. The van der Waals surface area contributed by atoms with Gasteiger partial charge >= 0.3 is 0 Å². The summed E-state index contributed by atoms with van der Waals surface area (Å²) < 4.78 is 13.3. The smallest absolute Gasteiger partial charge is 0.127 e. The molecule has 0 saturated carbocycles. The third-order valence-corrected chi connectivity index (χ3v) is 3.02. The first kappa shape index (κ1) is 15.1. The summed E-state index contributed by atoms with van der Waals surface area (Å²) >= 11 is 0. The van der Waals surface area contributed by atoms with E-state index in [0.717, 1.165) is 13.1 Å². The Kier molecular flexibility index (Phi) is 6.86. The van der Waals surface area contributed by atoms with Gasteiger partial charge in [-0.1, -0.05) is 32.0 Å². The number of aliphatic hydroxyl groups excluding tert-OH is 1. The van der Waals surface area contributed by atoms with Gasteiger partial charge in [-0.25, -0.2) is 4.39 Å². The van der Waals surface area contributed by atoms with Crippen LogP contribution >= 0.6 is 0 Å². The SMILES string of the molecule is CCN(CC)CC(O)CNCc1ccccc1F. The molecule has 0 aromatic heterocycles. The van der Waals surface area contributed by atoms with Crippen LogP contribution in [0.15, 0.2) is 24.3 Å². The van der Waals surface area contributed by atoms with Crippen LogP contribution in [0.2, 0.25) is 0 Å². The molecule has 0 heterocycles. The molecule has 1 rings (SSSR count). The summed E-state index contributed by atoms with van der Waals surface area (Å²) in [6.45, 7) is 7.58. The van der Waals surface area contributed by atoms with E-state index in [1.54, 1.807) is 12.1 Å². The quantitative estimate of drug-likeness (QED) is 0.740. The van der Waals surface area contributed by atoms with Crippen molar-refractivity contribution in [1.82, 2.24) is 10.2 Å². The molecule has 1 atom stereocenters. The highest BCUT2D eigenvalue weighted by Gasteiger charge is 2.08. The Morgan fingerprint density at radius 3 is 2.56 bits per heavy atom. The first-order valence-electron chi connectivity index (χ1n) is 6.51. The normalized spacial score (nSPS) is 12.9. The summed E-state index contributed by atoms with van der Waals surface area (Å²) in [5.74, 6) is -0.205. The Hall–Kier alpha value is -0.970. The lowest BCUT2D eigenvalue weighted by molar-refractivity contribution is 0.116. The fourth-order valence-corrected chi connectivity index (χ4v) is 1.86. The Morgan fingerprint density at radius 1 is 1.28 bits per heavy atom. The zero-order valence-corrected chi connectivity index (χ0v) is 11.2. The third kappa shape index (κ3) is 5.12. The van der Waals surface area contributed by atoms with E-state index in [1.807, 2.05) is 6.07 Å². The van der Waals surface area contributed by atoms with Crippen LogP contribution in [-0.4, -0.2) is 42.3 Å². The van der Waals surface area contributed by atoms with Gasteiger partial charge in [-0.05, 0) is 19.2 Å². The maximum atomic E-state index is 13.3. The second kappa shape index (κ2) is 8.19. The number of nitrogens with one attached hydrogen (secondary N) is 1. The van der Waals surface area contributed by atoms with Crippen molar-refractivity contribution >= 4 is 0 Å². The van der Waals surface area contributed by atoms with Crippen LogP contribution in [0.5, 0.6) is 0 Å². The van der Waals surface area contributed by atoms with Crippen molar-refractivity contribution in [1.29, 1.82) is 0 Å². The minimum absolute atomic E-state index is 0.205. The van der Waals surface area contributed by atoms with E-state index in [4.69, 9.17) is 0 Å². The molecule has 0 bridgehead atoms. The zero-order valence-electron chi connectivity index (χ0n) is 11.2. The van der Waals surface area contributed by atoms with E-state index in [2.05, 4.69) is 24.1 Å². The van der Waals surface area contributed by atoms with Crippen LogP contribution in [0.4, 0.5) is 4.39 Å². The molecule has 1 aromatic carbocycles. The molecule has 18 heavy (non-hydrogen) atoms. The van der Waals surface area contributed by atoms with Crippen LogP contribution in [0.3, 0.4) is 0 Å².